The highest BCUT2D eigenvalue weighted by Crippen LogP contribution is 2.16. The molecule has 3 nitrogen and oxygen atoms in total. The van der Waals surface area contributed by atoms with Gasteiger partial charge < -0.3 is 9.73 Å². The molecular weight excluding hydrogens is 268 g/mol. The molecular formula is C12H13BrN2O. The molecule has 2 heterocycles. The van der Waals surface area contributed by atoms with E-state index in [-0.39, 0.29) is 6.04 Å². The van der Waals surface area contributed by atoms with Crippen LogP contribution in [0.25, 0.3) is 0 Å². The predicted octanol–water partition coefficient (Wildman–Crippen LogP) is 3.29. The Balaban J connectivity index is 1.91. The molecule has 0 aliphatic carbocycles. The molecule has 2 rings (SSSR count). The van der Waals surface area contributed by atoms with Gasteiger partial charge in [-0.2, -0.15) is 0 Å². The first-order chi connectivity index (χ1) is 7.75. The number of rotatable bonds is 4. The Bertz CT molecular complexity index is 441. The lowest BCUT2D eigenvalue weighted by Gasteiger charge is -2.12. The second-order valence-corrected chi connectivity index (χ2v) is 4.37. The summed E-state index contributed by atoms with van der Waals surface area (Å²) in [5.41, 5.74) is 1.22. The van der Waals surface area contributed by atoms with Crippen LogP contribution in [0.5, 0.6) is 0 Å². The first kappa shape index (κ1) is 11.4. The van der Waals surface area contributed by atoms with Gasteiger partial charge in [0, 0.05) is 18.4 Å². The van der Waals surface area contributed by atoms with Crippen molar-refractivity contribution in [1.29, 1.82) is 0 Å². The van der Waals surface area contributed by atoms with Gasteiger partial charge in [0.15, 0.2) is 4.67 Å². The molecule has 0 saturated heterocycles. The summed E-state index contributed by atoms with van der Waals surface area (Å²) in [5.74, 6) is 0.924. The second kappa shape index (κ2) is 5.27. The zero-order valence-corrected chi connectivity index (χ0v) is 10.6. The number of hydrogen-bond acceptors (Lipinski definition) is 3. The monoisotopic (exact) mass is 280 g/mol. The van der Waals surface area contributed by atoms with Crippen molar-refractivity contribution in [2.75, 3.05) is 0 Å². The van der Waals surface area contributed by atoms with Crippen molar-refractivity contribution in [3.63, 3.8) is 0 Å². The summed E-state index contributed by atoms with van der Waals surface area (Å²) in [6.45, 7) is 2.84. The number of pyridine rings is 1. The van der Waals surface area contributed by atoms with E-state index >= 15 is 0 Å². The maximum absolute atomic E-state index is 5.41. The van der Waals surface area contributed by atoms with Crippen molar-refractivity contribution >= 4 is 15.9 Å². The summed E-state index contributed by atoms with van der Waals surface area (Å²) < 4.78 is 6.18. The summed E-state index contributed by atoms with van der Waals surface area (Å²) in [7, 11) is 0. The van der Waals surface area contributed by atoms with E-state index in [0.717, 1.165) is 17.0 Å². The van der Waals surface area contributed by atoms with E-state index in [4.69, 9.17) is 4.42 Å². The molecule has 84 valence electrons. The van der Waals surface area contributed by atoms with E-state index in [1.165, 1.54) is 5.56 Å². The molecule has 2 aromatic rings. The second-order valence-electron chi connectivity index (χ2n) is 3.59. The van der Waals surface area contributed by atoms with E-state index in [9.17, 15) is 0 Å². The average Bonchev–Trinajstić information content (AvgIpc) is 2.73. The molecule has 0 bridgehead atoms. The lowest BCUT2D eigenvalue weighted by Crippen LogP contribution is -2.17. The molecule has 0 aromatic carbocycles. The molecule has 1 atom stereocenters. The SMILES string of the molecule is CC(NCc1ccc(Br)o1)c1ccncc1. The highest BCUT2D eigenvalue weighted by molar-refractivity contribution is 9.10. The van der Waals surface area contributed by atoms with Crippen LogP contribution < -0.4 is 5.32 Å². The van der Waals surface area contributed by atoms with Gasteiger partial charge in [0.25, 0.3) is 0 Å². The van der Waals surface area contributed by atoms with Gasteiger partial charge in [0.05, 0.1) is 6.54 Å². The fourth-order valence-corrected chi connectivity index (χ4v) is 1.81. The van der Waals surface area contributed by atoms with Crippen LogP contribution in [-0.2, 0) is 6.54 Å². The Morgan fingerprint density at radius 1 is 1.31 bits per heavy atom. The molecule has 16 heavy (non-hydrogen) atoms. The lowest BCUT2D eigenvalue weighted by molar-refractivity contribution is 0.447. The van der Waals surface area contributed by atoms with E-state index in [1.54, 1.807) is 12.4 Å². The van der Waals surface area contributed by atoms with Gasteiger partial charge in [-0.25, -0.2) is 0 Å². The van der Waals surface area contributed by atoms with E-state index in [1.807, 2.05) is 24.3 Å². The molecule has 0 aliphatic rings. The van der Waals surface area contributed by atoms with Gasteiger partial charge in [-0.1, -0.05) is 0 Å². The predicted molar refractivity (Wildman–Crippen MR) is 65.9 cm³/mol. The minimum atomic E-state index is 0.284. The van der Waals surface area contributed by atoms with Crippen molar-refractivity contribution < 1.29 is 4.42 Å². The number of furan rings is 1. The van der Waals surface area contributed by atoms with Crippen LogP contribution in [0.15, 0.2) is 45.7 Å². The maximum atomic E-state index is 5.41. The van der Waals surface area contributed by atoms with Gasteiger partial charge >= 0.3 is 0 Å². The zero-order chi connectivity index (χ0) is 11.4. The lowest BCUT2D eigenvalue weighted by atomic mass is 10.1. The van der Waals surface area contributed by atoms with Crippen LogP contribution in [0, 0.1) is 0 Å². The minimum Gasteiger partial charge on any atom is -0.453 e. The van der Waals surface area contributed by atoms with Gasteiger partial charge in [-0.05, 0) is 52.7 Å². The minimum absolute atomic E-state index is 0.284. The summed E-state index contributed by atoms with van der Waals surface area (Å²) in [6, 6.07) is 8.16. The molecule has 1 unspecified atom stereocenters. The maximum Gasteiger partial charge on any atom is 0.169 e. The Labute approximate surface area is 103 Å². The van der Waals surface area contributed by atoms with Crippen molar-refractivity contribution in [2.24, 2.45) is 0 Å². The summed E-state index contributed by atoms with van der Waals surface area (Å²) in [5, 5.41) is 3.39. The van der Waals surface area contributed by atoms with E-state index < -0.39 is 0 Å². The number of hydrogen-bond donors (Lipinski definition) is 1. The Kier molecular flexibility index (Phi) is 3.74. The van der Waals surface area contributed by atoms with Crippen LogP contribution in [0.2, 0.25) is 0 Å². The quantitative estimate of drug-likeness (QED) is 0.934. The average molecular weight is 281 g/mol. The van der Waals surface area contributed by atoms with Crippen LogP contribution in [0.3, 0.4) is 0 Å². The molecule has 1 N–H and O–H groups in total. The van der Waals surface area contributed by atoms with Crippen molar-refractivity contribution in [2.45, 2.75) is 19.5 Å². The molecule has 0 spiro atoms. The molecule has 4 heteroatoms. The smallest absolute Gasteiger partial charge is 0.169 e. The summed E-state index contributed by atoms with van der Waals surface area (Å²) in [6.07, 6.45) is 3.61. The fourth-order valence-electron chi connectivity index (χ4n) is 1.47. The molecule has 0 radical (unpaired) electrons. The third kappa shape index (κ3) is 2.93. The van der Waals surface area contributed by atoms with Crippen LogP contribution in [0.1, 0.15) is 24.3 Å². The highest BCUT2D eigenvalue weighted by atomic mass is 79.9. The number of aromatic nitrogens is 1. The number of nitrogens with zero attached hydrogens (tertiary/aromatic N) is 1. The molecule has 0 amide bonds. The van der Waals surface area contributed by atoms with Gasteiger partial charge in [0.1, 0.15) is 5.76 Å². The molecule has 0 aliphatic heterocycles. The largest absolute Gasteiger partial charge is 0.453 e. The topological polar surface area (TPSA) is 38.1 Å². The standard InChI is InChI=1S/C12H13BrN2O/c1-9(10-4-6-14-7-5-10)15-8-11-2-3-12(13)16-11/h2-7,9,15H,8H2,1H3. The van der Waals surface area contributed by atoms with Gasteiger partial charge in [-0.15, -0.1) is 0 Å². The molecule has 0 saturated carbocycles. The molecule has 0 fully saturated rings. The zero-order valence-electron chi connectivity index (χ0n) is 8.98. The van der Waals surface area contributed by atoms with Crippen molar-refractivity contribution in [1.82, 2.24) is 10.3 Å². The van der Waals surface area contributed by atoms with Gasteiger partial charge in [-0.3, -0.25) is 4.98 Å². The van der Waals surface area contributed by atoms with Crippen LogP contribution >= 0.6 is 15.9 Å². The van der Waals surface area contributed by atoms with Crippen LogP contribution in [-0.4, -0.2) is 4.98 Å². The first-order valence-electron chi connectivity index (χ1n) is 5.13. The first-order valence-corrected chi connectivity index (χ1v) is 5.92. The molecule has 2 aromatic heterocycles. The Morgan fingerprint density at radius 3 is 2.69 bits per heavy atom. The van der Waals surface area contributed by atoms with E-state index in [2.05, 4.69) is 33.2 Å². The van der Waals surface area contributed by atoms with Crippen LogP contribution in [0.4, 0.5) is 0 Å². The van der Waals surface area contributed by atoms with Crippen molar-refractivity contribution in [3.05, 3.63) is 52.7 Å². The Morgan fingerprint density at radius 2 is 2.06 bits per heavy atom. The third-order valence-electron chi connectivity index (χ3n) is 2.42. The Hall–Kier alpha value is -1.13. The number of halogens is 1. The highest BCUT2D eigenvalue weighted by Gasteiger charge is 2.05. The summed E-state index contributed by atoms with van der Waals surface area (Å²) >= 11 is 3.28. The third-order valence-corrected chi connectivity index (χ3v) is 2.84. The fraction of sp³-hybridized carbons (Fsp3) is 0.250. The summed E-state index contributed by atoms with van der Waals surface area (Å²) in [4.78, 5) is 4.00. The number of nitrogens with one attached hydrogen (secondary N) is 1. The van der Waals surface area contributed by atoms with Gasteiger partial charge in [0.2, 0.25) is 0 Å². The normalized spacial score (nSPS) is 12.6. The van der Waals surface area contributed by atoms with Crippen molar-refractivity contribution in [3.8, 4) is 0 Å². The van der Waals surface area contributed by atoms with E-state index in [0.29, 0.717) is 0 Å².